The SMILES string of the molecule is CN(C)c1ccnc(N2CCN(CC(=O)Nc3nncs3)CC2)n1. The minimum absolute atomic E-state index is 0.0638. The third-order valence-corrected chi connectivity index (χ3v) is 4.32. The molecule has 1 fully saturated rings. The Kier molecular flexibility index (Phi) is 5.16. The topological polar surface area (TPSA) is 90.4 Å². The number of carbonyl (C=O) groups is 1. The largest absolute Gasteiger partial charge is 0.363 e. The van der Waals surface area contributed by atoms with Crippen LogP contribution in [0.15, 0.2) is 17.8 Å². The fraction of sp³-hybridized carbons (Fsp3) is 0.500. The van der Waals surface area contributed by atoms with Gasteiger partial charge in [-0.15, -0.1) is 10.2 Å². The van der Waals surface area contributed by atoms with Crippen molar-refractivity contribution >= 4 is 34.1 Å². The van der Waals surface area contributed by atoms with Gasteiger partial charge in [0.25, 0.3) is 0 Å². The lowest BCUT2D eigenvalue weighted by molar-refractivity contribution is -0.117. The Labute approximate surface area is 144 Å². The number of amides is 1. The van der Waals surface area contributed by atoms with E-state index >= 15 is 0 Å². The first-order valence-corrected chi connectivity index (χ1v) is 8.53. The normalized spacial score (nSPS) is 15.3. The first-order valence-electron chi connectivity index (χ1n) is 7.65. The van der Waals surface area contributed by atoms with Crippen LogP contribution >= 0.6 is 11.3 Å². The van der Waals surface area contributed by atoms with Crippen LogP contribution in [0.2, 0.25) is 0 Å². The molecule has 0 saturated carbocycles. The molecule has 0 unspecified atom stereocenters. The Bertz CT molecular complexity index is 669. The lowest BCUT2D eigenvalue weighted by atomic mass is 10.3. The van der Waals surface area contributed by atoms with E-state index in [4.69, 9.17) is 0 Å². The molecule has 1 amide bonds. The highest BCUT2D eigenvalue weighted by Crippen LogP contribution is 2.15. The number of hydrogen-bond donors (Lipinski definition) is 1. The summed E-state index contributed by atoms with van der Waals surface area (Å²) >= 11 is 1.31. The van der Waals surface area contributed by atoms with Gasteiger partial charge >= 0.3 is 0 Å². The maximum atomic E-state index is 12.0. The van der Waals surface area contributed by atoms with Gasteiger partial charge in [-0.1, -0.05) is 11.3 Å². The fourth-order valence-electron chi connectivity index (χ4n) is 2.44. The lowest BCUT2D eigenvalue weighted by Crippen LogP contribution is -2.49. The molecule has 0 aliphatic carbocycles. The van der Waals surface area contributed by atoms with Crippen LogP contribution in [0.25, 0.3) is 0 Å². The second-order valence-corrected chi connectivity index (χ2v) is 6.50. The van der Waals surface area contributed by atoms with Crippen molar-refractivity contribution in [2.75, 3.05) is 61.9 Å². The van der Waals surface area contributed by atoms with Crippen molar-refractivity contribution in [1.82, 2.24) is 25.1 Å². The number of carbonyl (C=O) groups excluding carboxylic acids is 1. The molecule has 2 aromatic rings. The van der Waals surface area contributed by atoms with Gasteiger partial charge < -0.3 is 9.80 Å². The number of hydrogen-bond acceptors (Lipinski definition) is 9. The summed E-state index contributed by atoms with van der Waals surface area (Å²) in [6, 6.07) is 1.89. The van der Waals surface area contributed by atoms with Crippen molar-refractivity contribution in [3.05, 3.63) is 17.8 Å². The Morgan fingerprint density at radius 2 is 2.12 bits per heavy atom. The molecule has 0 spiro atoms. The van der Waals surface area contributed by atoms with E-state index in [-0.39, 0.29) is 5.91 Å². The van der Waals surface area contributed by atoms with Crippen LogP contribution in [0.3, 0.4) is 0 Å². The predicted molar refractivity (Wildman–Crippen MR) is 93.6 cm³/mol. The summed E-state index contributed by atoms with van der Waals surface area (Å²) in [4.78, 5) is 27.1. The summed E-state index contributed by atoms with van der Waals surface area (Å²) in [6.45, 7) is 3.52. The van der Waals surface area contributed by atoms with Crippen LogP contribution in [0.4, 0.5) is 16.9 Å². The average Bonchev–Trinajstić information content (AvgIpc) is 3.08. The smallest absolute Gasteiger partial charge is 0.240 e. The minimum Gasteiger partial charge on any atom is -0.363 e. The van der Waals surface area contributed by atoms with Gasteiger partial charge in [0.1, 0.15) is 11.3 Å². The Morgan fingerprint density at radius 3 is 2.79 bits per heavy atom. The van der Waals surface area contributed by atoms with Crippen LogP contribution in [0.5, 0.6) is 0 Å². The highest BCUT2D eigenvalue weighted by molar-refractivity contribution is 7.13. The zero-order chi connectivity index (χ0) is 16.9. The number of aromatic nitrogens is 4. The van der Waals surface area contributed by atoms with Crippen LogP contribution in [0, 0.1) is 0 Å². The van der Waals surface area contributed by atoms with E-state index in [0.717, 1.165) is 37.9 Å². The standard InChI is InChI=1S/C14H20N8OS/c1-20(2)11-3-4-15-13(17-11)22-7-5-21(6-8-22)9-12(23)18-14-19-16-10-24-14/h3-4,10H,5-9H2,1-2H3,(H,18,19,23). The molecule has 10 heteroatoms. The summed E-state index contributed by atoms with van der Waals surface area (Å²) in [5, 5.41) is 10.8. The van der Waals surface area contributed by atoms with E-state index in [9.17, 15) is 4.79 Å². The summed E-state index contributed by atoms with van der Waals surface area (Å²) in [6.07, 6.45) is 1.78. The van der Waals surface area contributed by atoms with Gasteiger partial charge in [-0.2, -0.15) is 4.98 Å². The molecule has 0 aromatic carbocycles. The van der Waals surface area contributed by atoms with Crippen molar-refractivity contribution in [1.29, 1.82) is 0 Å². The molecular formula is C14H20N8OS. The highest BCUT2D eigenvalue weighted by atomic mass is 32.1. The number of piperazine rings is 1. The second-order valence-electron chi connectivity index (χ2n) is 5.66. The maximum absolute atomic E-state index is 12.0. The van der Waals surface area contributed by atoms with E-state index in [0.29, 0.717) is 11.7 Å². The van der Waals surface area contributed by atoms with Gasteiger partial charge in [0.2, 0.25) is 17.0 Å². The zero-order valence-corrected chi connectivity index (χ0v) is 14.5. The molecule has 1 N–H and O–H groups in total. The number of nitrogens with zero attached hydrogens (tertiary/aromatic N) is 7. The molecule has 9 nitrogen and oxygen atoms in total. The van der Waals surface area contributed by atoms with E-state index in [1.54, 1.807) is 11.7 Å². The van der Waals surface area contributed by atoms with Crippen LogP contribution in [-0.4, -0.2) is 77.8 Å². The summed E-state index contributed by atoms with van der Waals surface area (Å²) in [7, 11) is 3.92. The molecule has 1 aliphatic heterocycles. The van der Waals surface area contributed by atoms with Crippen molar-refractivity contribution in [3.63, 3.8) is 0 Å². The Hall–Kier alpha value is -2.33. The molecule has 128 valence electrons. The van der Waals surface area contributed by atoms with E-state index in [1.807, 2.05) is 25.1 Å². The molecule has 3 heterocycles. The number of nitrogens with one attached hydrogen (secondary N) is 1. The minimum atomic E-state index is -0.0638. The van der Waals surface area contributed by atoms with Gasteiger partial charge in [0.05, 0.1) is 6.54 Å². The zero-order valence-electron chi connectivity index (χ0n) is 13.7. The first kappa shape index (κ1) is 16.5. The van der Waals surface area contributed by atoms with Crippen LogP contribution in [-0.2, 0) is 4.79 Å². The van der Waals surface area contributed by atoms with E-state index in [1.165, 1.54) is 11.3 Å². The summed E-state index contributed by atoms with van der Waals surface area (Å²) < 4.78 is 0. The quantitative estimate of drug-likeness (QED) is 0.817. The molecule has 1 saturated heterocycles. The van der Waals surface area contributed by atoms with Crippen LogP contribution < -0.4 is 15.1 Å². The highest BCUT2D eigenvalue weighted by Gasteiger charge is 2.21. The lowest BCUT2D eigenvalue weighted by Gasteiger charge is -2.34. The predicted octanol–water partition coefficient (Wildman–Crippen LogP) is 0.155. The second kappa shape index (κ2) is 7.49. The third-order valence-electron chi connectivity index (χ3n) is 3.72. The average molecular weight is 348 g/mol. The van der Waals surface area contributed by atoms with Gasteiger partial charge in [-0.25, -0.2) is 4.98 Å². The van der Waals surface area contributed by atoms with E-state index in [2.05, 4.69) is 35.3 Å². The molecule has 0 atom stereocenters. The first-order chi connectivity index (χ1) is 11.6. The van der Waals surface area contributed by atoms with Gasteiger partial charge in [-0.05, 0) is 6.07 Å². The molecule has 24 heavy (non-hydrogen) atoms. The summed E-state index contributed by atoms with van der Waals surface area (Å²) in [5.41, 5.74) is 1.59. The van der Waals surface area contributed by atoms with Gasteiger partial charge in [0, 0.05) is 46.5 Å². The number of rotatable bonds is 5. The molecule has 2 aromatic heterocycles. The van der Waals surface area contributed by atoms with Crippen molar-refractivity contribution in [2.45, 2.75) is 0 Å². The van der Waals surface area contributed by atoms with Crippen LogP contribution in [0.1, 0.15) is 0 Å². The van der Waals surface area contributed by atoms with Crippen molar-refractivity contribution in [2.24, 2.45) is 0 Å². The monoisotopic (exact) mass is 348 g/mol. The van der Waals surface area contributed by atoms with Crippen molar-refractivity contribution < 1.29 is 4.79 Å². The molecule has 0 bridgehead atoms. The Morgan fingerprint density at radius 1 is 1.33 bits per heavy atom. The molecule has 3 rings (SSSR count). The molecule has 0 radical (unpaired) electrons. The van der Waals surface area contributed by atoms with Gasteiger partial charge in [-0.3, -0.25) is 15.0 Å². The van der Waals surface area contributed by atoms with E-state index < -0.39 is 0 Å². The number of anilines is 3. The Balaban J connectivity index is 1.50. The fourth-order valence-corrected chi connectivity index (χ4v) is 2.90. The third kappa shape index (κ3) is 4.15. The summed E-state index contributed by atoms with van der Waals surface area (Å²) in [5.74, 6) is 1.56. The maximum Gasteiger partial charge on any atom is 0.240 e. The molecular weight excluding hydrogens is 328 g/mol. The van der Waals surface area contributed by atoms with Crippen molar-refractivity contribution in [3.8, 4) is 0 Å². The van der Waals surface area contributed by atoms with Gasteiger partial charge in [0.15, 0.2) is 0 Å². The molecule has 1 aliphatic rings.